The minimum atomic E-state index is -1.50. The predicted molar refractivity (Wildman–Crippen MR) is 432 cm³/mol. The van der Waals surface area contributed by atoms with Crippen molar-refractivity contribution in [2.24, 2.45) is 0 Å². The highest BCUT2D eigenvalue weighted by atomic mass is 32.1. The first-order valence-corrected chi connectivity index (χ1v) is 41.4. The smallest absolute Gasteiger partial charge is 0.423 e. The maximum atomic E-state index is 9.84. The van der Waals surface area contributed by atoms with Crippen molar-refractivity contribution < 1.29 is 24.8 Å². The molecule has 8 aromatic rings. The Morgan fingerprint density at radius 1 is 0.303 bits per heavy atom. The van der Waals surface area contributed by atoms with Crippen molar-refractivity contribution in [3.63, 3.8) is 0 Å². The molecule has 3 aliphatic rings. The van der Waals surface area contributed by atoms with Crippen LogP contribution in [0.15, 0.2) is 146 Å². The second kappa shape index (κ2) is 41.1. The molecule has 0 amide bonds. The molecule has 9 heteroatoms. The van der Waals surface area contributed by atoms with Gasteiger partial charge in [0.2, 0.25) is 0 Å². The molecule has 1 aliphatic heterocycles. The standard InChI is InChI=1S/C61H78S2.C25H36B2O4.C4H8O/c1-5-9-13-17-19-21-25-47-27-31-49(32-28-47)57-39-41-59(62-57)51-35-37-53-54-38-36-52(46-56(54)61(55(53)45-51,43-23-15-11-7-3)44-24-16-12-8-4)60-42-40-58(63-60)50-33-29-48(30-34-50)26-22-20-18-14-10-6-2;1-3-5-7-9-15-25(16-10-8-6-4-2)23-17-19(26(28)29)11-13-21(23)22-14-12-20(27(30)31)18-24(22)25;1-2-4-5-3-1/h27-42,45-46H,5-26,43-44H2,1-4H3;11-14,17-18,28-31H,3-10,15-16H2,1-2H3;1-4H2. The normalized spacial score (nSPS) is 13.7. The van der Waals surface area contributed by atoms with Crippen LogP contribution >= 0.6 is 22.7 Å². The van der Waals surface area contributed by atoms with Gasteiger partial charge in [0, 0.05) is 43.6 Å². The van der Waals surface area contributed by atoms with Crippen LogP contribution < -0.4 is 10.9 Å². The SMILES string of the molecule is C1CCOC1.CCCCCCC1(CCCCCC)c2cc(B(O)O)ccc2-c2ccc(B(O)O)cc21.CCCCCCCCc1ccc(-c2ccc(-c3ccc4c(c3)C(CCCCCC)(CCCCCC)c3cc(-c5ccc(-c6ccc(CCCCCCCC)cc6)s5)ccc3-4)s2)cc1. The fourth-order valence-corrected chi connectivity index (χ4v) is 18.1. The first-order chi connectivity index (χ1) is 48.5. The Labute approximate surface area is 608 Å². The van der Waals surface area contributed by atoms with E-state index < -0.39 is 14.2 Å². The van der Waals surface area contributed by atoms with Crippen molar-refractivity contribution >= 4 is 47.8 Å². The maximum absolute atomic E-state index is 9.84. The van der Waals surface area contributed by atoms with Gasteiger partial charge in [0.1, 0.15) is 0 Å². The van der Waals surface area contributed by atoms with Gasteiger partial charge in [-0.25, -0.2) is 0 Å². The molecule has 1 fully saturated rings. The zero-order valence-electron chi connectivity index (χ0n) is 61.9. The highest BCUT2D eigenvalue weighted by Gasteiger charge is 2.45. The van der Waals surface area contributed by atoms with Crippen molar-refractivity contribution in [3.8, 4) is 64.0 Å². The Kier molecular flexibility index (Phi) is 32.3. The lowest BCUT2D eigenvalue weighted by atomic mass is 9.67. The predicted octanol–water partition coefficient (Wildman–Crippen LogP) is 24.5. The van der Waals surface area contributed by atoms with Crippen LogP contribution in [0.2, 0.25) is 0 Å². The number of fused-ring (bicyclic) bond motifs is 6. The molecule has 0 atom stereocenters. The molecule has 2 aliphatic carbocycles. The summed E-state index contributed by atoms with van der Waals surface area (Å²) in [5.41, 5.74) is 19.9. The van der Waals surface area contributed by atoms with Crippen molar-refractivity contribution in [1.82, 2.24) is 0 Å². The van der Waals surface area contributed by atoms with Crippen LogP contribution in [0.4, 0.5) is 0 Å². The van der Waals surface area contributed by atoms with Crippen LogP contribution in [0.25, 0.3) is 64.0 Å². The molecule has 5 nitrogen and oxygen atoms in total. The first-order valence-electron chi connectivity index (χ1n) is 39.8. The second-order valence-electron chi connectivity index (χ2n) is 29.4. The molecule has 2 aromatic heterocycles. The molecular weight excluding hydrogens is 1250 g/mol. The third-order valence-corrected chi connectivity index (χ3v) is 24.3. The lowest BCUT2D eigenvalue weighted by Crippen LogP contribution is -2.34. The largest absolute Gasteiger partial charge is 0.488 e. The summed E-state index contributed by atoms with van der Waals surface area (Å²) in [7, 11) is -3.00. The Bertz CT molecular complexity index is 3390. The van der Waals surface area contributed by atoms with Gasteiger partial charge in [0.25, 0.3) is 0 Å². The van der Waals surface area contributed by atoms with E-state index in [1.807, 2.05) is 46.9 Å². The molecule has 0 spiro atoms. The quantitative estimate of drug-likeness (QED) is 0.0227. The van der Waals surface area contributed by atoms with Crippen LogP contribution in [-0.2, 0) is 28.4 Å². The molecule has 0 bridgehead atoms. The molecule has 6 aromatic carbocycles. The van der Waals surface area contributed by atoms with Crippen molar-refractivity contribution in [2.45, 2.75) is 284 Å². The van der Waals surface area contributed by atoms with E-state index in [0.717, 1.165) is 61.2 Å². The molecule has 0 saturated carbocycles. The molecule has 4 N–H and O–H groups in total. The lowest BCUT2D eigenvalue weighted by molar-refractivity contribution is 0.198. The molecule has 99 heavy (non-hydrogen) atoms. The van der Waals surface area contributed by atoms with Crippen LogP contribution in [-0.4, -0.2) is 47.5 Å². The number of rotatable bonds is 40. The van der Waals surface area contributed by atoms with Gasteiger partial charge in [-0.2, -0.15) is 0 Å². The molecule has 530 valence electrons. The van der Waals surface area contributed by atoms with E-state index in [9.17, 15) is 20.1 Å². The highest BCUT2D eigenvalue weighted by molar-refractivity contribution is 7.19. The van der Waals surface area contributed by atoms with Crippen LogP contribution in [0, 0.1) is 0 Å². The minimum Gasteiger partial charge on any atom is -0.423 e. The summed E-state index contributed by atoms with van der Waals surface area (Å²) in [5, 5.41) is 39.4. The number of ether oxygens (including phenoxy) is 1. The maximum Gasteiger partial charge on any atom is 0.488 e. The number of thiophene rings is 2. The van der Waals surface area contributed by atoms with Gasteiger partial charge >= 0.3 is 14.2 Å². The van der Waals surface area contributed by atoms with Gasteiger partial charge in [-0.15, -0.1) is 22.7 Å². The van der Waals surface area contributed by atoms with Crippen LogP contribution in [0.3, 0.4) is 0 Å². The average molecular weight is 1370 g/mol. The summed E-state index contributed by atoms with van der Waals surface area (Å²) in [6.07, 6.45) is 45.3. The van der Waals surface area contributed by atoms with Gasteiger partial charge in [-0.3, -0.25) is 0 Å². The Hall–Kier alpha value is -5.35. The first kappa shape index (κ1) is 77.8. The summed E-state index contributed by atoms with van der Waals surface area (Å²) >= 11 is 3.92. The molecule has 11 rings (SSSR count). The van der Waals surface area contributed by atoms with E-state index in [4.69, 9.17) is 4.74 Å². The van der Waals surface area contributed by atoms with Gasteiger partial charge in [0.05, 0.1) is 0 Å². The topological polar surface area (TPSA) is 90.2 Å². The molecule has 0 unspecified atom stereocenters. The number of hydrogen-bond acceptors (Lipinski definition) is 7. The molecule has 3 heterocycles. The van der Waals surface area contributed by atoms with E-state index in [-0.39, 0.29) is 10.8 Å². The minimum absolute atomic E-state index is 0.0377. The van der Waals surface area contributed by atoms with E-state index in [2.05, 4.69) is 151 Å². The monoisotopic (exact) mass is 1370 g/mol. The van der Waals surface area contributed by atoms with E-state index in [1.54, 1.807) is 23.3 Å². The summed E-state index contributed by atoms with van der Waals surface area (Å²) in [6.45, 7) is 15.7. The van der Waals surface area contributed by atoms with Gasteiger partial charge in [-0.05, 0) is 189 Å². The number of hydrogen-bond donors (Lipinski definition) is 4. The zero-order valence-corrected chi connectivity index (χ0v) is 63.5. The van der Waals surface area contributed by atoms with Crippen LogP contribution in [0.1, 0.15) is 293 Å². The summed E-state index contributed by atoms with van der Waals surface area (Å²) in [5.74, 6) is 0. The molecular formula is C90H122B2O5S2. The fourth-order valence-electron chi connectivity index (χ4n) is 16.1. The van der Waals surface area contributed by atoms with Gasteiger partial charge in [0.15, 0.2) is 0 Å². The Morgan fingerprint density at radius 2 is 0.576 bits per heavy atom. The van der Waals surface area contributed by atoms with Crippen molar-refractivity contribution in [2.75, 3.05) is 13.2 Å². The highest BCUT2D eigenvalue weighted by Crippen LogP contribution is 2.57. The number of unbranched alkanes of at least 4 members (excludes halogenated alkanes) is 22. The molecule has 0 radical (unpaired) electrons. The van der Waals surface area contributed by atoms with E-state index >= 15 is 0 Å². The summed E-state index contributed by atoms with van der Waals surface area (Å²) < 4.78 is 4.94. The molecule has 1 saturated heterocycles. The average Bonchev–Trinajstić information content (AvgIpc) is 1.57. The van der Waals surface area contributed by atoms with Crippen LogP contribution in [0.5, 0.6) is 0 Å². The Morgan fingerprint density at radius 3 is 0.879 bits per heavy atom. The summed E-state index contributed by atoms with van der Waals surface area (Å²) in [6, 6.07) is 55.0. The van der Waals surface area contributed by atoms with E-state index in [0.29, 0.717) is 10.9 Å². The van der Waals surface area contributed by atoms with Crippen molar-refractivity contribution in [3.05, 3.63) is 179 Å². The number of benzene rings is 6. The van der Waals surface area contributed by atoms with Crippen molar-refractivity contribution in [1.29, 1.82) is 0 Å². The summed E-state index contributed by atoms with van der Waals surface area (Å²) in [4.78, 5) is 5.50. The third kappa shape index (κ3) is 21.2. The lowest BCUT2D eigenvalue weighted by Gasteiger charge is -2.33. The fraction of sp³-hybridized carbons (Fsp3) is 0.511. The zero-order chi connectivity index (χ0) is 69.7. The number of aryl methyl sites for hydroxylation is 2. The second-order valence-corrected chi connectivity index (χ2v) is 31.5. The Balaban J connectivity index is 0.000000263. The van der Waals surface area contributed by atoms with Gasteiger partial charge in [-0.1, -0.05) is 318 Å². The van der Waals surface area contributed by atoms with E-state index in [1.165, 1.54) is 269 Å². The third-order valence-electron chi connectivity index (χ3n) is 21.9. The van der Waals surface area contributed by atoms with Gasteiger partial charge < -0.3 is 24.8 Å².